The lowest BCUT2D eigenvalue weighted by Crippen LogP contribution is -1.98. The molecule has 0 saturated heterocycles. The molecule has 0 fully saturated rings. The van der Waals surface area contributed by atoms with E-state index in [4.69, 9.17) is 5.11 Å². The molecule has 0 radical (unpaired) electrons. The van der Waals surface area contributed by atoms with Crippen molar-refractivity contribution in [1.29, 1.82) is 0 Å². The number of aromatic carboxylic acids is 1. The van der Waals surface area contributed by atoms with E-state index < -0.39 is 5.97 Å². The van der Waals surface area contributed by atoms with Gasteiger partial charge in [-0.2, -0.15) is 0 Å². The number of thiazole rings is 1. The van der Waals surface area contributed by atoms with Crippen LogP contribution in [0.5, 0.6) is 0 Å². The molecule has 0 aliphatic rings. The molecule has 0 bridgehead atoms. The van der Waals surface area contributed by atoms with E-state index in [0.29, 0.717) is 4.88 Å². The number of aryl methyl sites for hydroxylation is 2. The van der Waals surface area contributed by atoms with Crippen molar-refractivity contribution in [3.05, 3.63) is 15.6 Å². The minimum Gasteiger partial charge on any atom is -0.477 e. The third kappa shape index (κ3) is 6.04. The van der Waals surface area contributed by atoms with Gasteiger partial charge in [-0.05, 0) is 19.3 Å². The highest BCUT2D eigenvalue weighted by atomic mass is 32.1. The fraction of sp³-hybridized carbons (Fsp3) is 0.750. The molecule has 0 saturated carbocycles. The second-order valence-electron chi connectivity index (χ2n) is 5.31. The van der Waals surface area contributed by atoms with E-state index in [2.05, 4.69) is 18.8 Å². The summed E-state index contributed by atoms with van der Waals surface area (Å²) in [5.41, 5.74) is 0.781. The van der Waals surface area contributed by atoms with Gasteiger partial charge in [0.25, 0.3) is 0 Å². The van der Waals surface area contributed by atoms with Crippen LogP contribution in [0.15, 0.2) is 0 Å². The summed E-state index contributed by atoms with van der Waals surface area (Å²) in [6, 6.07) is 0. The highest BCUT2D eigenvalue weighted by Crippen LogP contribution is 2.22. The maximum atomic E-state index is 11.2. The monoisotopic (exact) mass is 297 g/mol. The van der Waals surface area contributed by atoms with E-state index in [1.54, 1.807) is 0 Å². The molecule has 3 nitrogen and oxygen atoms in total. The summed E-state index contributed by atoms with van der Waals surface area (Å²) < 4.78 is 0. The van der Waals surface area contributed by atoms with Crippen LogP contribution in [-0.2, 0) is 12.8 Å². The SMILES string of the molecule is CCCCCCCCCc1nc(CCC)c(C(=O)O)s1. The lowest BCUT2D eigenvalue weighted by atomic mass is 10.1. The second kappa shape index (κ2) is 9.92. The van der Waals surface area contributed by atoms with E-state index >= 15 is 0 Å². The Morgan fingerprint density at radius 3 is 2.25 bits per heavy atom. The van der Waals surface area contributed by atoms with Crippen LogP contribution in [0.3, 0.4) is 0 Å². The number of hydrogen-bond donors (Lipinski definition) is 1. The van der Waals surface area contributed by atoms with Crippen molar-refractivity contribution in [2.24, 2.45) is 0 Å². The van der Waals surface area contributed by atoms with Gasteiger partial charge in [0.05, 0.1) is 10.7 Å². The fourth-order valence-corrected chi connectivity index (χ4v) is 3.31. The minimum absolute atomic E-state index is 0.449. The van der Waals surface area contributed by atoms with Gasteiger partial charge in [0.2, 0.25) is 0 Å². The third-order valence-corrected chi connectivity index (χ3v) is 4.56. The maximum absolute atomic E-state index is 11.2. The van der Waals surface area contributed by atoms with Crippen LogP contribution < -0.4 is 0 Å². The molecule has 0 aliphatic heterocycles. The van der Waals surface area contributed by atoms with Gasteiger partial charge in [-0.15, -0.1) is 11.3 Å². The Kier molecular flexibility index (Phi) is 8.51. The van der Waals surface area contributed by atoms with Crippen LogP contribution in [0, 0.1) is 0 Å². The number of carboxylic acid groups (broad SMARTS) is 1. The van der Waals surface area contributed by atoms with Crippen LogP contribution in [0.2, 0.25) is 0 Å². The zero-order valence-corrected chi connectivity index (χ0v) is 13.6. The first-order valence-electron chi connectivity index (χ1n) is 7.90. The predicted octanol–water partition coefficient (Wildman–Crippen LogP) is 5.09. The highest BCUT2D eigenvalue weighted by molar-refractivity contribution is 7.13. The molecule has 0 amide bonds. The molecule has 0 aromatic carbocycles. The Bertz CT molecular complexity index is 401. The van der Waals surface area contributed by atoms with Gasteiger partial charge in [-0.25, -0.2) is 9.78 Å². The largest absolute Gasteiger partial charge is 0.477 e. The van der Waals surface area contributed by atoms with Crippen molar-refractivity contribution < 1.29 is 9.90 Å². The van der Waals surface area contributed by atoms with Gasteiger partial charge in [0.1, 0.15) is 4.88 Å². The lowest BCUT2D eigenvalue weighted by molar-refractivity contribution is 0.0700. The van der Waals surface area contributed by atoms with Crippen molar-refractivity contribution in [2.75, 3.05) is 0 Å². The number of carboxylic acids is 1. The zero-order chi connectivity index (χ0) is 14.8. The van der Waals surface area contributed by atoms with Gasteiger partial charge in [0.15, 0.2) is 0 Å². The van der Waals surface area contributed by atoms with Crippen molar-refractivity contribution in [3.8, 4) is 0 Å². The first kappa shape index (κ1) is 17.2. The average Bonchev–Trinajstić information content (AvgIpc) is 2.81. The molecule has 0 aliphatic carbocycles. The van der Waals surface area contributed by atoms with Crippen molar-refractivity contribution in [3.63, 3.8) is 0 Å². The molecule has 20 heavy (non-hydrogen) atoms. The Labute approximate surface area is 126 Å². The molecule has 0 spiro atoms. The normalized spacial score (nSPS) is 10.9. The minimum atomic E-state index is -0.822. The summed E-state index contributed by atoms with van der Waals surface area (Å²) in [4.78, 5) is 16.1. The molecular formula is C16H27NO2S. The standard InChI is InChI=1S/C16H27NO2S/c1-3-5-6-7-8-9-10-12-14-17-13(11-4-2)15(20-14)16(18)19/h3-12H2,1-2H3,(H,18,19). The molecule has 0 unspecified atom stereocenters. The summed E-state index contributed by atoms with van der Waals surface area (Å²) in [6.07, 6.45) is 11.6. The number of unbranched alkanes of at least 4 members (excludes halogenated alkanes) is 6. The summed E-state index contributed by atoms with van der Waals surface area (Å²) in [6.45, 7) is 4.29. The Hall–Kier alpha value is -0.900. The smallest absolute Gasteiger partial charge is 0.347 e. The quantitative estimate of drug-likeness (QED) is 0.579. The number of rotatable bonds is 11. The molecule has 4 heteroatoms. The topological polar surface area (TPSA) is 50.2 Å². The predicted molar refractivity (Wildman–Crippen MR) is 84.8 cm³/mol. The second-order valence-corrected chi connectivity index (χ2v) is 6.39. The molecular weight excluding hydrogens is 270 g/mol. The summed E-state index contributed by atoms with van der Waals surface area (Å²) in [5, 5.41) is 10.2. The van der Waals surface area contributed by atoms with Gasteiger partial charge in [-0.3, -0.25) is 0 Å². The third-order valence-electron chi connectivity index (χ3n) is 3.42. The van der Waals surface area contributed by atoms with Crippen molar-refractivity contribution >= 4 is 17.3 Å². The number of nitrogens with zero attached hydrogens (tertiary/aromatic N) is 1. The van der Waals surface area contributed by atoms with Gasteiger partial charge < -0.3 is 5.11 Å². The molecule has 1 aromatic heterocycles. The van der Waals surface area contributed by atoms with E-state index in [1.807, 2.05) is 0 Å². The number of carbonyl (C=O) groups is 1. The number of aromatic nitrogens is 1. The Morgan fingerprint density at radius 1 is 1.00 bits per heavy atom. The van der Waals surface area contributed by atoms with Crippen LogP contribution in [0.25, 0.3) is 0 Å². The van der Waals surface area contributed by atoms with Gasteiger partial charge >= 0.3 is 5.97 Å². The fourth-order valence-electron chi connectivity index (χ4n) is 2.31. The molecule has 1 heterocycles. The Balaban J connectivity index is 2.33. The average molecular weight is 297 g/mol. The van der Waals surface area contributed by atoms with Crippen LogP contribution in [0.1, 0.15) is 85.6 Å². The lowest BCUT2D eigenvalue weighted by Gasteiger charge is -1.99. The summed E-state index contributed by atoms with van der Waals surface area (Å²) in [7, 11) is 0. The van der Waals surface area contributed by atoms with Gasteiger partial charge in [0, 0.05) is 0 Å². The van der Waals surface area contributed by atoms with Crippen molar-refractivity contribution in [2.45, 2.75) is 78.1 Å². The zero-order valence-electron chi connectivity index (χ0n) is 12.8. The molecule has 114 valence electrons. The van der Waals surface area contributed by atoms with Crippen LogP contribution >= 0.6 is 11.3 Å². The van der Waals surface area contributed by atoms with E-state index in [9.17, 15) is 4.79 Å². The summed E-state index contributed by atoms with van der Waals surface area (Å²) >= 11 is 1.37. The Morgan fingerprint density at radius 2 is 1.65 bits per heavy atom. The summed E-state index contributed by atoms with van der Waals surface area (Å²) in [5.74, 6) is -0.822. The number of hydrogen-bond acceptors (Lipinski definition) is 3. The molecule has 1 aromatic rings. The van der Waals surface area contributed by atoms with Gasteiger partial charge in [-0.1, -0.05) is 58.8 Å². The van der Waals surface area contributed by atoms with E-state index in [1.165, 1.54) is 49.9 Å². The molecule has 0 atom stereocenters. The first-order valence-corrected chi connectivity index (χ1v) is 8.72. The maximum Gasteiger partial charge on any atom is 0.347 e. The van der Waals surface area contributed by atoms with E-state index in [-0.39, 0.29) is 0 Å². The first-order chi connectivity index (χ1) is 9.69. The molecule has 1 rings (SSSR count). The molecule has 1 N–H and O–H groups in total. The van der Waals surface area contributed by atoms with E-state index in [0.717, 1.165) is 36.4 Å². The highest BCUT2D eigenvalue weighted by Gasteiger charge is 2.16. The van der Waals surface area contributed by atoms with Crippen LogP contribution in [0.4, 0.5) is 0 Å². The van der Waals surface area contributed by atoms with Crippen LogP contribution in [-0.4, -0.2) is 16.1 Å². The van der Waals surface area contributed by atoms with Crippen molar-refractivity contribution in [1.82, 2.24) is 4.98 Å².